The Labute approximate surface area is 65.5 Å². The van der Waals surface area contributed by atoms with Gasteiger partial charge in [-0.05, 0) is 37.7 Å². The topological polar surface area (TPSA) is 0 Å². The van der Waals surface area contributed by atoms with Crippen molar-refractivity contribution >= 4 is 7.92 Å². The van der Waals surface area contributed by atoms with E-state index in [2.05, 4.69) is 12.7 Å². The fourth-order valence-electron chi connectivity index (χ4n) is 1.46. The summed E-state index contributed by atoms with van der Waals surface area (Å²) in [5.74, 6) is 0. The predicted octanol–water partition coefficient (Wildman–Crippen LogP) is 3.23. The van der Waals surface area contributed by atoms with E-state index in [4.69, 9.17) is 0 Å². The third-order valence-corrected chi connectivity index (χ3v) is 4.89. The largest absolute Gasteiger partial charge is 0.106 e. The van der Waals surface area contributed by atoms with E-state index in [-0.39, 0.29) is 0 Å². The normalized spacial score (nSPS) is 20.8. The Morgan fingerprint density at radius 2 is 1.90 bits per heavy atom. The molecule has 0 radical (unpaired) electrons. The van der Waals surface area contributed by atoms with Crippen molar-refractivity contribution in [3.63, 3.8) is 0 Å². The van der Waals surface area contributed by atoms with E-state index in [0.29, 0.717) is 7.92 Å². The maximum Gasteiger partial charge on any atom is -0.0291 e. The minimum atomic E-state index is 0.451. The van der Waals surface area contributed by atoms with E-state index in [1.165, 1.54) is 31.8 Å². The molecule has 0 N–H and O–H groups in total. The highest BCUT2D eigenvalue weighted by molar-refractivity contribution is 7.57. The maximum atomic E-state index is 3.76. The molecule has 0 atom stereocenters. The van der Waals surface area contributed by atoms with Gasteiger partial charge < -0.3 is 0 Å². The van der Waals surface area contributed by atoms with Gasteiger partial charge >= 0.3 is 0 Å². The van der Waals surface area contributed by atoms with Gasteiger partial charge in [-0.25, -0.2) is 0 Å². The number of hydrogen-bond donors (Lipinski definition) is 0. The summed E-state index contributed by atoms with van der Waals surface area (Å²) in [7, 11) is 0.451. The summed E-state index contributed by atoms with van der Waals surface area (Å²) in [5.41, 5.74) is 0. The summed E-state index contributed by atoms with van der Waals surface area (Å²) < 4.78 is 0. The minimum absolute atomic E-state index is 0.451. The zero-order valence-electron chi connectivity index (χ0n) is 6.68. The Morgan fingerprint density at radius 3 is 2.50 bits per heavy atom. The summed E-state index contributed by atoms with van der Waals surface area (Å²) in [5, 5.41) is 0. The molecular weight excluding hydrogens is 139 g/mol. The zero-order valence-corrected chi connectivity index (χ0v) is 7.58. The lowest BCUT2D eigenvalue weighted by atomic mass is 10.3. The van der Waals surface area contributed by atoms with Crippen LogP contribution in [0.1, 0.15) is 25.7 Å². The van der Waals surface area contributed by atoms with Gasteiger partial charge in [0.1, 0.15) is 0 Å². The van der Waals surface area contributed by atoms with Crippen LogP contribution >= 0.6 is 7.92 Å². The lowest BCUT2D eigenvalue weighted by Gasteiger charge is -2.21. The Hall–Kier alpha value is 0.170. The maximum absolute atomic E-state index is 3.76. The van der Waals surface area contributed by atoms with E-state index in [1.807, 2.05) is 0 Å². The highest BCUT2D eigenvalue weighted by atomic mass is 31.1. The van der Waals surface area contributed by atoms with E-state index >= 15 is 0 Å². The van der Waals surface area contributed by atoms with Crippen molar-refractivity contribution < 1.29 is 0 Å². The van der Waals surface area contributed by atoms with Gasteiger partial charge in [0.2, 0.25) is 0 Å². The number of rotatable bonds is 3. The van der Waals surface area contributed by atoms with Gasteiger partial charge in [0.25, 0.3) is 0 Å². The lowest BCUT2D eigenvalue weighted by molar-refractivity contribution is 0.750. The third kappa shape index (κ3) is 2.84. The second kappa shape index (κ2) is 4.91. The Kier molecular flexibility index (Phi) is 4.06. The van der Waals surface area contributed by atoms with E-state index in [0.717, 1.165) is 0 Å². The van der Waals surface area contributed by atoms with E-state index in [9.17, 15) is 0 Å². The molecule has 1 fully saturated rings. The molecule has 58 valence electrons. The number of allylic oxidation sites excluding steroid dienone is 1. The van der Waals surface area contributed by atoms with Gasteiger partial charge in [-0.3, -0.25) is 0 Å². The molecule has 0 unspecified atom stereocenters. The molecule has 0 aromatic heterocycles. The molecule has 1 heterocycles. The summed E-state index contributed by atoms with van der Waals surface area (Å²) in [6.07, 6.45) is 12.4. The van der Waals surface area contributed by atoms with Crippen molar-refractivity contribution in [3.8, 4) is 0 Å². The average molecular weight is 156 g/mol. The summed E-state index contributed by atoms with van der Waals surface area (Å²) in [6.45, 7) is 3.76. The molecule has 0 spiro atoms. The standard InChI is InChI=1S/C9H17P/c1-2-3-7-10-8-5-4-6-9-10/h2H,1,3-9H2. The second-order valence-electron chi connectivity index (χ2n) is 2.98. The van der Waals surface area contributed by atoms with Crippen LogP contribution in [0.2, 0.25) is 0 Å². The molecule has 1 aliphatic heterocycles. The third-order valence-electron chi connectivity index (χ3n) is 2.10. The molecule has 0 aliphatic carbocycles. The van der Waals surface area contributed by atoms with Crippen molar-refractivity contribution in [2.45, 2.75) is 25.7 Å². The first-order valence-electron chi connectivity index (χ1n) is 4.27. The Morgan fingerprint density at radius 1 is 1.20 bits per heavy atom. The second-order valence-corrected chi connectivity index (χ2v) is 5.66. The van der Waals surface area contributed by atoms with Crippen LogP contribution in [0.4, 0.5) is 0 Å². The van der Waals surface area contributed by atoms with Crippen molar-refractivity contribution in [1.82, 2.24) is 0 Å². The van der Waals surface area contributed by atoms with Gasteiger partial charge in [-0.2, -0.15) is 0 Å². The molecule has 0 bridgehead atoms. The Bertz CT molecular complexity index is 92.9. The molecule has 0 amide bonds. The molecule has 0 nitrogen and oxygen atoms in total. The first kappa shape index (κ1) is 8.27. The van der Waals surface area contributed by atoms with Gasteiger partial charge in [-0.1, -0.05) is 12.5 Å². The highest BCUT2D eigenvalue weighted by Crippen LogP contribution is 2.41. The number of hydrogen-bond acceptors (Lipinski definition) is 0. The smallest absolute Gasteiger partial charge is 0.0291 e. The van der Waals surface area contributed by atoms with Crippen LogP contribution in [-0.2, 0) is 0 Å². The van der Waals surface area contributed by atoms with Crippen molar-refractivity contribution in [2.75, 3.05) is 18.5 Å². The molecule has 0 aromatic rings. The van der Waals surface area contributed by atoms with Crippen LogP contribution in [0, 0.1) is 0 Å². The minimum Gasteiger partial charge on any atom is -0.106 e. The molecule has 0 aromatic carbocycles. The van der Waals surface area contributed by atoms with Gasteiger partial charge in [0.05, 0.1) is 0 Å². The molecule has 0 saturated carbocycles. The van der Waals surface area contributed by atoms with Crippen LogP contribution in [0.5, 0.6) is 0 Å². The zero-order chi connectivity index (χ0) is 7.23. The van der Waals surface area contributed by atoms with Gasteiger partial charge in [-0.15, -0.1) is 14.5 Å². The molecule has 1 aliphatic rings. The molecular formula is C9H17P. The van der Waals surface area contributed by atoms with Crippen LogP contribution in [0.15, 0.2) is 12.7 Å². The highest BCUT2D eigenvalue weighted by Gasteiger charge is 2.10. The monoisotopic (exact) mass is 156 g/mol. The SMILES string of the molecule is C=CCCP1CCCCC1. The van der Waals surface area contributed by atoms with Crippen LogP contribution in [-0.4, -0.2) is 18.5 Å². The van der Waals surface area contributed by atoms with Crippen molar-refractivity contribution in [3.05, 3.63) is 12.7 Å². The van der Waals surface area contributed by atoms with Crippen molar-refractivity contribution in [1.29, 1.82) is 0 Å². The van der Waals surface area contributed by atoms with Crippen molar-refractivity contribution in [2.24, 2.45) is 0 Å². The fourth-order valence-corrected chi connectivity index (χ4v) is 4.02. The average Bonchev–Trinajstić information content (AvgIpc) is 2.03. The fraction of sp³-hybridized carbons (Fsp3) is 0.778. The quantitative estimate of drug-likeness (QED) is 0.434. The van der Waals surface area contributed by atoms with Crippen LogP contribution in [0.25, 0.3) is 0 Å². The summed E-state index contributed by atoms with van der Waals surface area (Å²) in [4.78, 5) is 0. The van der Waals surface area contributed by atoms with E-state index < -0.39 is 0 Å². The van der Waals surface area contributed by atoms with Crippen LogP contribution in [0.3, 0.4) is 0 Å². The molecule has 10 heavy (non-hydrogen) atoms. The predicted molar refractivity (Wildman–Crippen MR) is 50.2 cm³/mol. The first-order chi connectivity index (χ1) is 4.93. The summed E-state index contributed by atoms with van der Waals surface area (Å²) >= 11 is 0. The lowest BCUT2D eigenvalue weighted by Crippen LogP contribution is -2.01. The molecule has 1 rings (SSSR count). The summed E-state index contributed by atoms with van der Waals surface area (Å²) in [6, 6.07) is 0. The van der Waals surface area contributed by atoms with Gasteiger partial charge in [0.15, 0.2) is 0 Å². The first-order valence-corrected chi connectivity index (χ1v) is 6.16. The molecule has 1 heteroatoms. The Balaban J connectivity index is 2.07. The van der Waals surface area contributed by atoms with Crippen LogP contribution < -0.4 is 0 Å². The van der Waals surface area contributed by atoms with E-state index in [1.54, 1.807) is 12.3 Å². The van der Waals surface area contributed by atoms with Gasteiger partial charge in [0, 0.05) is 0 Å². The molecule has 1 saturated heterocycles.